The highest BCUT2D eigenvalue weighted by Crippen LogP contribution is 2.37. The van der Waals surface area contributed by atoms with Crippen LogP contribution in [-0.4, -0.2) is 89.2 Å². The Morgan fingerprint density at radius 2 is 1.83 bits per heavy atom. The first kappa shape index (κ1) is 31.6. The van der Waals surface area contributed by atoms with E-state index in [9.17, 15) is 32.7 Å². The van der Waals surface area contributed by atoms with E-state index < -0.39 is 23.8 Å². The molecule has 0 bridgehead atoms. The van der Waals surface area contributed by atoms with E-state index in [2.05, 4.69) is 24.9 Å². The molecular weight excluding hydrogens is 631 g/mol. The van der Waals surface area contributed by atoms with Gasteiger partial charge in [0, 0.05) is 31.3 Å². The van der Waals surface area contributed by atoms with E-state index in [0.717, 1.165) is 38.1 Å². The highest BCUT2D eigenvalue weighted by molar-refractivity contribution is 6.32. The predicted molar refractivity (Wildman–Crippen MR) is 163 cm³/mol. The van der Waals surface area contributed by atoms with Crippen LogP contribution in [0.5, 0.6) is 11.5 Å². The fourth-order valence-corrected chi connectivity index (χ4v) is 6.06. The van der Waals surface area contributed by atoms with Crippen LogP contribution in [0.2, 0.25) is 5.02 Å². The van der Waals surface area contributed by atoms with Crippen LogP contribution in [0, 0.1) is 0 Å². The van der Waals surface area contributed by atoms with Crippen molar-refractivity contribution in [2.24, 2.45) is 4.99 Å². The van der Waals surface area contributed by atoms with Crippen LogP contribution in [0.25, 0.3) is 0 Å². The maximum atomic E-state index is 13.3. The van der Waals surface area contributed by atoms with E-state index in [4.69, 9.17) is 16.3 Å². The van der Waals surface area contributed by atoms with Gasteiger partial charge in [-0.05, 0) is 68.9 Å². The summed E-state index contributed by atoms with van der Waals surface area (Å²) in [5.41, 5.74) is 2.50. The molecule has 4 heterocycles. The SMILES string of the molecule is CN1CCC(N2C(=O)c3cc4c(cc3C2=O)N=C(c2c(NCC(O)COc3ccc(OC(F)(F)F)c(Cl)c3)cc[nH]c2=O)C4)CC1. The van der Waals surface area contributed by atoms with Crippen molar-refractivity contribution in [3.63, 3.8) is 0 Å². The third-order valence-corrected chi connectivity index (χ3v) is 8.43. The number of likely N-dealkylation sites (tertiary alicyclic amines) is 1. The normalized spacial score (nSPS) is 17.5. The second-order valence-corrected chi connectivity index (χ2v) is 11.8. The zero-order valence-corrected chi connectivity index (χ0v) is 25.2. The van der Waals surface area contributed by atoms with Crippen molar-refractivity contribution in [3.05, 3.63) is 80.2 Å². The Labute approximate surface area is 265 Å². The largest absolute Gasteiger partial charge is 0.573 e. The molecule has 46 heavy (non-hydrogen) atoms. The summed E-state index contributed by atoms with van der Waals surface area (Å²) in [6.45, 7) is 1.32. The van der Waals surface area contributed by atoms with Gasteiger partial charge in [0.25, 0.3) is 17.4 Å². The van der Waals surface area contributed by atoms with Crippen molar-refractivity contribution < 1.29 is 37.3 Å². The van der Waals surface area contributed by atoms with Crippen molar-refractivity contribution in [2.45, 2.75) is 37.8 Å². The molecule has 11 nitrogen and oxygen atoms in total. The maximum Gasteiger partial charge on any atom is 0.573 e. The first-order valence-corrected chi connectivity index (χ1v) is 14.9. The van der Waals surface area contributed by atoms with Gasteiger partial charge in [-0.2, -0.15) is 0 Å². The quantitative estimate of drug-likeness (QED) is 0.292. The van der Waals surface area contributed by atoms with Crippen LogP contribution >= 0.6 is 11.6 Å². The number of nitrogens with one attached hydrogen (secondary N) is 2. The van der Waals surface area contributed by atoms with Crippen LogP contribution in [0.3, 0.4) is 0 Å². The first-order valence-electron chi connectivity index (χ1n) is 14.5. The number of amides is 2. The molecule has 1 fully saturated rings. The average molecular weight is 660 g/mol. The monoisotopic (exact) mass is 659 g/mol. The number of imide groups is 1. The molecule has 0 saturated carbocycles. The molecule has 242 valence electrons. The molecular formula is C31H29ClF3N5O6. The smallest absolute Gasteiger partial charge is 0.491 e. The number of aliphatic imine (C=N–C) groups is 1. The maximum absolute atomic E-state index is 13.3. The molecule has 2 aromatic carbocycles. The van der Waals surface area contributed by atoms with E-state index in [1.54, 1.807) is 18.2 Å². The number of pyridine rings is 1. The number of alkyl halides is 3. The molecule has 3 aliphatic heterocycles. The highest BCUT2D eigenvalue weighted by atomic mass is 35.5. The zero-order valence-electron chi connectivity index (χ0n) is 24.5. The predicted octanol–water partition coefficient (Wildman–Crippen LogP) is 4.15. The number of carbonyl (C=O) groups excluding carboxylic acids is 2. The topological polar surface area (TPSA) is 137 Å². The number of nitrogens with zero attached hydrogens (tertiary/aromatic N) is 3. The summed E-state index contributed by atoms with van der Waals surface area (Å²) in [7, 11) is 2.01. The number of rotatable bonds is 9. The summed E-state index contributed by atoms with van der Waals surface area (Å²) >= 11 is 5.85. The molecule has 1 aromatic heterocycles. The summed E-state index contributed by atoms with van der Waals surface area (Å²) in [5.74, 6) is -1.11. The molecule has 1 saturated heterocycles. The standard InChI is InChI=1S/C31H29ClF3N5O6/c1-39-8-5-17(6-9-39)40-29(43)20-10-16-11-25(38-24(16)13-21(20)30(40)44)27-23(4-7-36-28(27)42)37-14-18(41)15-45-19-2-3-26(22(32)12-19)46-31(33,34)35/h2-4,7,10,12-13,17-18,41H,5-6,8-9,11,14-15H2,1H3,(H2,36,37,42). The van der Waals surface area contributed by atoms with Gasteiger partial charge in [-0.25, -0.2) is 0 Å². The van der Waals surface area contributed by atoms with Gasteiger partial charge in [0.2, 0.25) is 0 Å². The summed E-state index contributed by atoms with van der Waals surface area (Å²) in [6, 6.07) is 8.14. The Morgan fingerprint density at radius 3 is 2.52 bits per heavy atom. The van der Waals surface area contributed by atoms with Crippen LogP contribution in [0.15, 0.2) is 52.4 Å². The van der Waals surface area contributed by atoms with Gasteiger partial charge < -0.3 is 29.8 Å². The summed E-state index contributed by atoms with van der Waals surface area (Å²) in [4.78, 5) is 50.4. The number of halogens is 4. The number of aromatic nitrogens is 1. The Kier molecular flexibility index (Phi) is 8.53. The lowest BCUT2D eigenvalue weighted by Gasteiger charge is -2.33. The lowest BCUT2D eigenvalue weighted by molar-refractivity contribution is -0.274. The van der Waals surface area contributed by atoms with Crippen LogP contribution in [0.4, 0.5) is 24.5 Å². The van der Waals surface area contributed by atoms with Crippen molar-refractivity contribution in [1.29, 1.82) is 0 Å². The number of hydrogen-bond donors (Lipinski definition) is 3. The van der Waals surface area contributed by atoms with Gasteiger partial charge in [0.1, 0.15) is 24.2 Å². The number of fused-ring (bicyclic) bond motifs is 2. The molecule has 15 heteroatoms. The summed E-state index contributed by atoms with van der Waals surface area (Å²) < 4.78 is 46.7. The number of anilines is 1. The van der Waals surface area contributed by atoms with Crippen molar-refractivity contribution in [1.82, 2.24) is 14.8 Å². The second-order valence-electron chi connectivity index (χ2n) is 11.4. The minimum atomic E-state index is -4.90. The van der Waals surface area contributed by atoms with Gasteiger partial charge in [-0.3, -0.25) is 24.3 Å². The van der Waals surface area contributed by atoms with Crippen molar-refractivity contribution >= 4 is 40.5 Å². The Bertz CT molecular complexity index is 1790. The molecule has 3 N–H and O–H groups in total. The lowest BCUT2D eigenvalue weighted by Crippen LogP contribution is -2.46. The summed E-state index contributed by atoms with van der Waals surface area (Å²) in [5, 5.41) is 13.2. The number of benzene rings is 2. The van der Waals surface area contributed by atoms with Crippen molar-refractivity contribution in [3.8, 4) is 11.5 Å². The third kappa shape index (κ3) is 6.46. The van der Waals surface area contributed by atoms with E-state index in [0.29, 0.717) is 33.8 Å². The van der Waals surface area contributed by atoms with E-state index in [-0.39, 0.29) is 53.8 Å². The molecule has 2 amide bonds. The van der Waals surface area contributed by atoms with Crippen LogP contribution < -0.4 is 20.3 Å². The van der Waals surface area contributed by atoms with Gasteiger partial charge in [-0.15, -0.1) is 13.2 Å². The Hall–Kier alpha value is -4.40. The molecule has 0 spiro atoms. The average Bonchev–Trinajstić information content (AvgIpc) is 3.52. The molecule has 3 aromatic rings. The third-order valence-electron chi connectivity index (χ3n) is 8.13. The highest BCUT2D eigenvalue weighted by Gasteiger charge is 2.42. The van der Waals surface area contributed by atoms with Gasteiger partial charge in [0.05, 0.1) is 38.8 Å². The molecule has 0 aliphatic carbocycles. The lowest BCUT2D eigenvalue weighted by atomic mass is 10.00. The minimum Gasteiger partial charge on any atom is -0.491 e. The fraction of sp³-hybridized carbons (Fsp3) is 0.355. The molecule has 1 unspecified atom stereocenters. The molecule has 3 aliphatic rings. The van der Waals surface area contributed by atoms with Gasteiger partial charge in [0.15, 0.2) is 0 Å². The second kappa shape index (κ2) is 12.4. The Morgan fingerprint density at radius 1 is 1.11 bits per heavy atom. The molecule has 0 radical (unpaired) electrons. The van der Waals surface area contributed by atoms with Gasteiger partial charge in [-0.1, -0.05) is 11.6 Å². The first-order chi connectivity index (χ1) is 21.9. The Balaban J connectivity index is 1.12. The summed E-state index contributed by atoms with van der Waals surface area (Å²) in [6.07, 6.45) is -2.85. The van der Waals surface area contributed by atoms with Crippen LogP contribution in [-0.2, 0) is 6.42 Å². The number of piperidine rings is 1. The minimum absolute atomic E-state index is 0.0518. The number of ether oxygens (including phenoxy) is 2. The number of aliphatic hydroxyl groups is 1. The van der Waals surface area contributed by atoms with Gasteiger partial charge >= 0.3 is 6.36 Å². The number of aliphatic hydroxyl groups excluding tert-OH is 1. The molecule has 6 rings (SSSR count). The number of hydrogen-bond acceptors (Lipinski definition) is 9. The number of carbonyl (C=O) groups is 2. The van der Waals surface area contributed by atoms with E-state index >= 15 is 0 Å². The van der Waals surface area contributed by atoms with Crippen LogP contribution in [0.1, 0.15) is 44.7 Å². The van der Waals surface area contributed by atoms with E-state index in [1.165, 1.54) is 17.2 Å². The fourth-order valence-electron chi connectivity index (χ4n) is 5.85. The van der Waals surface area contributed by atoms with E-state index in [1.807, 2.05) is 7.05 Å². The number of H-pyrrole nitrogens is 1. The zero-order chi connectivity index (χ0) is 32.7. The number of aromatic amines is 1. The molecule has 1 atom stereocenters. The van der Waals surface area contributed by atoms with Crippen molar-refractivity contribution in [2.75, 3.05) is 38.6 Å².